The van der Waals surface area contributed by atoms with Crippen LogP contribution in [0.4, 0.5) is 10.8 Å². The summed E-state index contributed by atoms with van der Waals surface area (Å²) in [5.41, 5.74) is 0.910. The topological polar surface area (TPSA) is 51.2 Å². The molecule has 2 rings (SSSR count). The van der Waals surface area contributed by atoms with Crippen LogP contribution < -0.4 is 5.32 Å². The van der Waals surface area contributed by atoms with Crippen LogP contribution in [0.2, 0.25) is 0 Å². The third-order valence-electron chi connectivity index (χ3n) is 2.06. The first kappa shape index (κ1) is 13.8. The molecule has 0 amide bonds. The molecule has 0 saturated heterocycles. The van der Waals surface area contributed by atoms with Crippen molar-refractivity contribution in [2.75, 3.05) is 12.4 Å². The van der Waals surface area contributed by atoms with Gasteiger partial charge in [0.2, 0.25) is 0 Å². The number of carbonyl (C=O) groups is 1. The molecule has 94 valence electrons. The van der Waals surface area contributed by atoms with Gasteiger partial charge in [-0.05, 0) is 56.7 Å². The summed E-state index contributed by atoms with van der Waals surface area (Å²) in [6, 6.07) is 5.90. The maximum absolute atomic E-state index is 11.3. The number of nitrogens with zero attached hydrogens (tertiary/aromatic N) is 1. The molecule has 7 heteroatoms. The van der Waals surface area contributed by atoms with E-state index in [-0.39, 0.29) is 5.97 Å². The monoisotopic (exact) mass is 438 g/mol. The maximum atomic E-state index is 11.3. The van der Waals surface area contributed by atoms with E-state index < -0.39 is 0 Å². The first-order valence-corrected chi connectivity index (χ1v) is 7.55. The normalized spacial score (nSPS) is 10.2. The quantitative estimate of drug-likeness (QED) is 0.580. The second kappa shape index (κ2) is 5.98. The van der Waals surface area contributed by atoms with E-state index in [1.54, 1.807) is 0 Å². The van der Waals surface area contributed by atoms with Gasteiger partial charge in [-0.3, -0.25) is 0 Å². The highest BCUT2D eigenvalue weighted by molar-refractivity contribution is 14.1. The van der Waals surface area contributed by atoms with E-state index in [2.05, 4.69) is 53.6 Å². The van der Waals surface area contributed by atoms with Gasteiger partial charge in [-0.2, -0.15) is 0 Å². The van der Waals surface area contributed by atoms with Crippen LogP contribution in [-0.4, -0.2) is 18.1 Å². The van der Waals surface area contributed by atoms with Crippen molar-refractivity contribution >= 4 is 66.6 Å². The number of hydrogen-bond acceptors (Lipinski definition) is 5. The van der Waals surface area contributed by atoms with Gasteiger partial charge in [0.05, 0.1) is 13.3 Å². The third kappa shape index (κ3) is 3.21. The fourth-order valence-electron chi connectivity index (χ4n) is 1.22. The summed E-state index contributed by atoms with van der Waals surface area (Å²) in [6.45, 7) is 0. The average molecular weight is 439 g/mol. The molecule has 18 heavy (non-hydrogen) atoms. The zero-order chi connectivity index (χ0) is 13.1. The second-order valence-corrected chi connectivity index (χ2v) is 6.32. The van der Waals surface area contributed by atoms with Gasteiger partial charge in [0, 0.05) is 13.7 Å². The van der Waals surface area contributed by atoms with E-state index in [9.17, 15) is 4.79 Å². The lowest BCUT2D eigenvalue weighted by atomic mass is 10.3. The summed E-state index contributed by atoms with van der Waals surface area (Å²) in [7, 11) is 1.35. The molecule has 0 fully saturated rings. The van der Waals surface area contributed by atoms with Crippen LogP contribution in [0, 0.1) is 3.57 Å². The molecule has 1 aromatic heterocycles. The van der Waals surface area contributed by atoms with E-state index in [0.717, 1.165) is 13.7 Å². The molecule has 0 spiro atoms. The molecule has 0 radical (unpaired) electrons. The molecule has 0 atom stereocenters. The first-order chi connectivity index (χ1) is 8.60. The van der Waals surface area contributed by atoms with Gasteiger partial charge >= 0.3 is 5.97 Å². The number of ether oxygens (including phenoxy) is 1. The van der Waals surface area contributed by atoms with Crippen molar-refractivity contribution in [3.8, 4) is 0 Å². The number of hydrogen-bond donors (Lipinski definition) is 1. The van der Waals surface area contributed by atoms with Gasteiger partial charge in [0.25, 0.3) is 0 Å². The molecule has 1 N–H and O–H groups in total. The Kier molecular flexibility index (Phi) is 4.57. The summed E-state index contributed by atoms with van der Waals surface area (Å²) in [5.74, 6) is -0.371. The van der Waals surface area contributed by atoms with Crippen molar-refractivity contribution in [1.82, 2.24) is 4.98 Å². The SMILES string of the molecule is COC(=O)c1cnc(Nc2ccc(I)c(Br)c2)s1. The maximum Gasteiger partial charge on any atom is 0.349 e. The predicted octanol–water partition coefficient (Wildman–Crippen LogP) is 4.04. The molecule has 0 aliphatic heterocycles. The van der Waals surface area contributed by atoms with E-state index in [1.165, 1.54) is 24.6 Å². The lowest BCUT2D eigenvalue weighted by Crippen LogP contribution is -1.96. The van der Waals surface area contributed by atoms with E-state index in [4.69, 9.17) is 0 Å². The number of anilines is 2. The number of rotatable bonds is 3. The van der Waals surface area contributed by atoms with Crippen LogP contribution in [0.5, 0.6) is 0 Å². The molecule has 0 saturated carbocycles. The number of thiazole rings is 1. The first-order valence-electron chi connectivity index (χ1n) is 4.86. The molecule has 4 nitrogen and oxygen atoms in total. The summed E-state index contributed by atoms with van der Waals surface area (Å²) in [6.07, 6.45) is 1.50. The fourth-order valence-corrected chi connectivity index (χ4v) is 2.69. The molecular formula is C11H8BrIN2O2S. The molecule has 0 aliphatic carbocycles. The number of nitrogens with one attached hydrogen (secondary N) is 1. The predicted molar refractivity (Wildman–Crippen MR) is 83.6 cm³/mol. The minimum atomic E-state index is -0.371. The largest absolute Gasteiger partial charge is 0.465 e. The van der Waals surface area contributed by atoms with Crippen LogP contribution >= 0.6 is 49.9 Å². The summed E-state index contributed by atoms with van der Waals surface area (Å²) in [5, 5.41) is 3.79. The Bertz CT molecular complexity index is 588. The Balaban J connectivity index is 2.16. The number of esters is 1. The minimum absolute atomic E-state index is 0.371. The van der Waals surface area contributed by atoms with Crippen LogP contribution in [-0.2, 0) is 4.74 Å². The molecular weight excluding hydrogens is 431 g/mol. The van der Waals surface area contributed by atoms with E-state index in [0.29, 0.717) is 10.0 Å². The van der Waals surface area contributed by atoms with Gasteiger partial charge in [0.1, 0.15) is 4.88 Å². The number of halogens is 2. The van der Waals surface area contributed by atoms with Crippen LogP contribution in [0.15, 0.2) is 28.9 Å². The zero-order valence-electron chi connectivity index (χ0n) is 9.24. The number of aromatic nitrogens is 1. The number of methoxy groups -OCH3 is 1. The Hall–Kier alpha value is -0.670. The Morgan fingerprint density at radius 2 is 2.33 bits per heavy atom. The van der Waals surface area contributed by atoms with Gasteiger partial charge in [-0.15, -0.1) is 0 Å². The van der Waals surface area contributed by atoms with Crippen molar-refractivity contribution in [3.63, 3.8) is 0 Å². The Morgan fingerprint density at radius 3 is 3.00 bits per heavy atom. The minimum Gasteiger partial charge on any atom is -0.465 e. The van der Waals surface area contributed by atoms with E-state index in [1.807, 2.05) is 18.2 Å². The summed E-state index contributed by atoms with van der Waals surface area (Å²) in [4.78, 5) is 15.9. The highest BCUT2D eigenvalue weighted by Gasteiger charge is 2.10. The van der Waals surface area contributed by atoms with Crippen molar-refractivity contribution in [1.29, 1.82) is 0 Å². The second-order valence-electron chi connectivity index (χ2n) is 3.28. The van der Waals surface area contributed by atoms with Crippen LogP contribution in [0.3, 0.4) is 0 Å². The smallest absolute Gasteiger partial charge is 0.349 e. The van der Waals surface area contributed by atoms with Gasteiger partial charge in [-0.1, -0.05) is 11.3 Å². The fraction of sp³-hybridized carbons (Fsp3) is 0.0909. The van der Waals surface area contributed by atoms with Gasteiger partial charge in [-0.25, -0.2) is 9.78 Å². The molecule has 1 heterocycles. The van der Waals surface area contributed by atoms with Gasteiger partial charge < -0.3 is 10.1 Å². The van der Waals surface area contributed by atoms with Crippen molar-refractivity contribution < 1.29 is 9.53 Å². The summed E-state index contributed by atoms with van der Waals surface area (Å²) < 4.78 is 6.77. The highest BCUT2D eigenvalue weighted by atomic mass is 127. The lowest BCUT2D eigenvalue weighted by molar-refractivity contribution is 0.0606. The van der Waals surface area contributed by atoms with Crippen molar-refractivity contribution in [3.05, 3.63) is 37.3 Å². The van der Waals surface area contributed by atoms with Crippen LogP contribution in [0.25, 0.3) is 0 Å². The molecule has 0 unspecified atom stereocenters. The van der Waals surface area contributed by atoms with E-state index >= 15 is 0 Å². The lowest BCUT2D eigenvalue weighted by Gasteiger charge is -2.03. The van der Waals surface area contributed by atoms with Gasteiger partial charge in [0.15, 0.2) is 5.13 Å². The molecule has 1 aromatic carbocycles. The third-order valence-corrected chi connectivity index (χ3v) is 5.29. The number of benzene rings is 1. The standard InChI is InChI=1S/C11H8BrIN2O2S/c1-17-10(16)9-5-14-11(18-9)15-6-2-3-8(13)7(12)4-6/h2-5H,1H3,(H,14,15). The van der Waals surface area contributed by atoms with Crippen molar-refractivity contribution in [2.45, 2.75) is 0 Å². The Morgan fingerprint density at radius 1 is 1.56 bits per heavy atom. The average Bonchev–Trinajstić information content (AvgIpc) is 2.81. The van der Waals surface area contributed by atoms with Crippen molar-refractivity contribution in [2.24, 2.45) is 0 Å². The zero-order valence-corrected chi connectivity index (χ0v) is 13.8. The Labute approximate surface area is 130 Å². The molecule has 0 aliphatic rings. The van der Waals surface area contributed by atoms with Crippen LogP contribution in [0.1, 0.15) is 9.67 Å². The summed E-state index contributed by atoms with van der Waals surface area (Å²) >= 11 is 6.96. The number of carbonyl (C=O) groups excluding carboxylic acids is 1. The molecule has 2 aromatic rings. The molecule has 0 bridgehead atoms. The highest BCUT2D eigenvalue weighted by Crippen LogP contribution is 2.27.